The van der Waals surface area contributed by atoms with Gasteiger partial charge in [-0.05, 0) is 44.7 Å². The molecule has 0 radical (unpaired) electrons. The van der Waals surface area contributed by atoms with Gasteiger partial charge in [-0.15, -0.1) is 0 Å². The number of hydrogen-bond donors (Lipinski definition) is 1. The van der Waals surface area contributed by atoms with Gasteiger partial charge in [0.2, 0.25) is 0 Å². The molecule has 1 aromatic heterocycles. The lowest BCUT2D eigenvalue weighted by Gasteiger charge is -2.39. The van der Waals surface area contributed by atoms with Crippen LogP contribution in [-0.4, -0.2) is 73.3 Å². The molecule has 186 valence electrons. The first-order chi connectivity index (χ1) is 16.4. The van der Waals surface area contributed by atoms with Gasteiger partial charge < -0.3 is 24.3 Å². The number of aromatic nitrogens is 2. The number of amides is 1. The fourth-order valence-corrected chi connectivity index (χ4v) is 5.10. The molecular formula is C25H36N4O5. The number of benzene rings is 1. The molecule has 0 aliphatic carbocycles. The normalized spacial score (nSPS) is 19.9. The number of nitrogens with zero attached hydrogens (tertiary/aromatic N) is 3. The van der Waals surface area contributed by atoms with E-state index in [0.717, 1.165) is 62.3 Å². The van der Waals surface area contributed by atoms with Crippen LogP contribution in [0.5, 0.6) is 17.2 Å². The zero-order valence-corrected chi connectivity index (χ0v) is 20.8. The Morgan fingerprint density at radius 1 is 1.09 bits per heavy atom. The van der Waals surface area contributed by atoms with Gasteiger partial charge in [-0.1, -0.05) is 0 Å². The largest absolute Gasteiger partial charge is 0.496 e. The van der Waals surface area contributed by atoms with Crippen LogP contribution in [-0.2, 0) is 18.3 Å². The molecule has 9 heteroatoms. The standard InChI is InChI=1S/C25H36N4O5/c1-17-12-20(28(2)27-17)24(30)26-15-19-6-7-25(34-19)8-10-29(11-9-25)16-18-13-22(32-4)23(33-5)14-21(18)31-3/h12-14,19H,6-11,15-16H2,1-5H3,(H,26,30)/t19-/m1/s1. The number of carbonyl (C=O) groups excluding carboxylic acids is 1. The minimum absolute atomic E-state index is 0.0516. The van der Waals surface area contributed by atoms with Crippen molar-refractivity contribution in [2.75, 3.05) is 41.0 Å². The van der Waals surface area contributed by atoms with Gasteiger partial charge in [-0.2, -0.15) is 5.10 Å². The number of likely N-dealkylation sites (tertiary alicyclic amines) is 1. The maximum absolute atomic E-state index is 12.5. The second kappa shape index (κ2) is 10.2. The zero-order chi connectivity index (χ0) is 24.3. The molecule has 2 saturated heterocycles. The Kier molecular flexibility index (Phi) is 7.33. The van der Waals surface area contributed by atoms with Gasteiger partial charge in [0.25, 0.3) is 5.91 Å². The van der Waals surface area contributed by atoms with E-state index in [1.807, 2.05) is 19.1 Å². The van der Waals surface area contributed by atoms with Gasteiger partial charge in [0.1, 0.15) is 11.4 Å². The summed E-state index contributed by atoms with van der Waals surface area (Å²) in [7, 11) is 6.74. The van der Waals surface area contributed by atoms with E-state index in [0.29, 0.717) is 23.7 Å². The summed E-state index contributed by atoms with van der Waals surface area (Å²) in [4.78, 5) is 14.9. The quantitative estimate of drug-likeness (QED) is 0.632. The molecule has 4 rings (SSSR count). The number of aryl methyl sites for hydroxylation is 2. The molecule has 34 heavy (non-hydrogen) atoms. The average molecular weight is 473 g/mol. The molecule has 0 saturated carbocycles. The summed E-state index contributed by atoms with van der Waals surface area (Å²) in [6.07, 6.45) is 4.01. The molecule has 2 aromatic rings. The molecule has 2 fully saturated rings. The van der Waals surface area contributed by atoms with Crippen LogP contribution in [0.2, 0.25) is 0 Å². The summed E-state index contributed by atoms with van der Waals surface area (Å²) in [6, 6.07) is 5.68. The first kappa shape index (κ1) is 24.3. The van der Waals surface area contributed by atoms with E-state index in [4.69, 9.17) is 18.9 Å². The van der Waals surface area contributed by atoms with Gasteiger partial charge in [0, 0.05) is 44.9 Å². The number of nitrogens with one attached hydrogen (secondary N) is 1. The average Bonchev–Trinajstić information content (AvgIpc) is 3.40. The van der Waals surface area contributed by atoms with Crippen molar-refractivity contribution in [3.63, 3.8) is 0 Å². The van der Waals surface area contributed by atoms with Crippen LogP contribution in [0, 0.1) is 6.92 Å². The first-order valence-corrected chi connectivity index (χ1v) is 11.8. The topological polar surface area (TPSA) is 87.1 Å². The smallest absolute Gasteiger partial charge is 0.269 e. The van der Waals surface area contributed by atoms with Gasteiger partial charge in [0.15, 0.2) is 11.5 Å². The maximum atomic E-state index is 12.5. The van der Waals surface area contributed by atoms with Gasteiger partial charge in [0.05, 0.1) is 38.7 Å². The SMILES string of the molecule is COc1cc(OC)c(OC)cc1CN1CCC2(CC[C@H](CNC(=O)c3cc(C)nn3C)O2)CC1. The lowest BCUT2D eigenvalue weighted by atomic mass is 9.88. The fourth-order valence-electron chi connectivity index (χ4n) is 5.10. The molecule has 3 heterocycles. The van der Waals surface area contributed by atoms with Crippen molar-refractivity contribution in [1.82, 2.24) is 20.0 Å². The molecular weight excluding hydrogens is 436 g/mol. The molecule has 9 nitrogen and oxygen atoms in total. The Hall–Kier alpha value is -2.78. The minimum atomic E-state index is -0.105. The van der Waals surface area contributed by atoms with E-state index in [2.05, 4.69) is 15.3 Å². The van der Waals surface area contributed by atoms with Gasteiger partial charge >= 0.3 is 0 Å². The van der Waals surface area contributed by atoms with Crippen LogP contribution in [0.15, 0.2) is 18.2 Å². The molecule has 0 bridgehead atoms. The summed E-state index contributed by atoms with van der Waals surface area (Å²) < 4.78 is 24.6. The Bertz CT molecular complexity index is 1010. The maximum Gasteiger partial charge on any atom is 0.269 e. The van der Waals surface area contributed by atoms with E-state index in [-0.39, 0.29) is 17.6 Å². The highest BCUT2D eigenvalue weighted by Gasteiger charge is 2.42. The number of methoxy groups -OCH3 is 3. The van der Waals surface area contributed by atoms with E-state index in [1.54, 1.807) is 39.1 Å². The predicted molar refractivity (Wildman–Crippen MR) is 128 cm³/mol. The molecule has 2 aliphatic heterocycles. The molecule has 1 amide bonds. The predicted octanol–water partition coefficient (Wildman–Crippen LogP) is 2.70. The van der Waals surface area contributed by atoms with Crippen LogP contribution >= 0.6 is 0 Å². The Morgan fingerprint density at radius 3 is 2.38 bits per heavy atom. The van der Waals surface area contributed by atoms with Crippen molar-refractivity contribution in [2.24, 2.45) is 7.05 Å². The molecule has 1 aromatic carbocycles. The summed E-state index contributed by atoms with van der Waals surface area (Å²) in [5.41, 5.74) is 2.40. The highest BCUT2D eigenvalue weighted by molar-refractivity contribution is 5.92. The second-order valence-corrected chi connectivity index (χ2v) is 9.26. The molecule has 0 unspecified atom stereocenters. The fraction of sp³-hybridized carbons (Fsp3) is 0.600. The Labute approximate surface area is 201 Å². The van der Waals surface area contributed by atoms with Crippen LogP contribution in [0.4, 0.5) is 0 Å². The zero-order valence-electron chi connectivity index (χ0n) is 20.8. The number of hydrogen-bond acceptors (Lipinski definition) is 7. The van der Waals surface area contributed by atoms with E-state index in [9.17, 15) is 4.79 Å². The monoisotopic (exact) mass is 472 g/mol. The first-order valence-electron chi connectivity index (χ1n) is 11.8. The van der Waals surface area contributed by atoms with Crippen molar-refractivity contribution in [3.8, 4) is 17.2 Å². The Balaban J connectivity index is 1.29. The van der Waals surface area contributed by atoms with Crippen LogP contribution in [0.3, 0.4) is 0 Å². The summed E-state index contributed by atoms with van der Waals surface area (Å²) >= 11 is 0. The minimum Gasteiger partial charge on any atom is -0.496 e. The lowest BCUT2D eigenvalue weighted by Crippen LogP contribution is -2.45. The number of carbonyl (C=O) groups is 1. The highest BCUT2D eigenvalue weighted by Crippen LogP contribution is 2.40. The Morgan fingerprint density at radius 2 is 1.76 bits per heavy atom. The van der Waals surface area contributed by atoms with Gasteiger partial charge in [-0.3, -0.25) is 14.4 Å². The number of ether oxygens (including phenoxy) is 4. The third-order valence-corrected chi connectivity index (χ3v) is 7.01. The third kappa shape index (κ3) is 5.15. The van der Waals surface area contributed by atoms with Crippen molar-refractivity contribution < 1.29 is 23.7 Å². The lowest BCUT2D eigenvalue weighted by molar-refractivity contribution is -0.0765. The van der Waals surface area contributed by atoms with Crippen LogP contribution in [0.25, 0.3) is 0 Å². The van der Waals surface area contributed by atoms with Gasteiger partial charge in [-0.25, -0.2) is 0 Å². The number of piperidine rings is 1. The van der Waals surface area contributed by atoms with Crippen molar-refractivity contribution >= 4 is 5.91 Å². The summed E-state index contributed by atoms with van der Waals surface area (Å²) in [5, 5.41) is 7.27. The summed E-state index contributed by atoms with van der Waals surface area (Å²) in [6.45, 7) is 5.09. The van der Waals surface area contributed by atoms with Crippen LogP contribution < -0.4 is 19.5 Å². The van der Waals surface area contributed by atoms with Crippen LogP contribution in [0.1, 0.15) is 47.4 Å². The van der Waals surface area contributed by atoms with Crippen molar-refractivity contribution in [2.45, 2.75) is 50.9 Å². The molecule has 2 aliphatic rings. The van der Waals surface area contributed by atoms with E-state index < -0.39 is 0 Å². The third-order valence-electron chi connectivity index (χ3n) is 7.01. The van der Waals surface area contributed by atoms with E-state index in [1.165, 1.54) is 0 Å². The molecule has 1 spiro atoms. The van der Waals surface area contributed by atoms with E-state index >= 15 is 0 Å². The van der Waals surface area contributed by atoms with Crippen molar-refractivity contribution in [1.29, 1.82) is 0 Å². The van der Waals surface area contributed by atoms with Crippen molar-refractivity contribution in [3.05, 3.63) is 35.2 Å². The summed E-state index contributed by atoms with van der Waals surface area (Å²) in [5.74, 6) is 2.06. The molecule has 1 N–H and O–H groups in total. The second-order valence-electron chi connectivity index (χ2n) is 9.26. The number of rotatable bonds is 8. The highest BCUT2D eigenvalue weighted by atomic mass is 16.5. The molecule has 1 atom stereocenters.